The largest absolute Gasteiger partial charge is 0.382 e. The summed E-state index contributed by atoms with van der Waals surface area (Å²) < 4.78 is 18.2. The second kappa shape index (κ2) is 6.63. The van der Waals surface area contributed by atoms with Gasteiger partial charge in [0.15, 0.2) is 0 Å². The van der Waals surface area contributed by atoms with Crippen LogP contribution in [-0.2, 0) is 9.53 Å². The first-order valence-electron chi connectivity index (χ1n) is 6.58. The average Bonchev–Trinajstić information content (AvgIpc) is 2.77. The van der Waals surface area contributed by atoms with Gasteiger partial charge in [0.2, 0.25) is 5.91 Å². The van der Waals surface area contributed by atoms with Crippen molar-refractivity contribution in [3.05, 3.63) is 35.6 Å². The molecule has 1 heterocycles. The molecule has 1 aliphatic heterocycles. The third-order valence-corrected chi connectivity index (χ3v) is 3.16. The van der Waals surface area contributed by atoms with Crippen LogP contribution in [0, 0.1) is 5.82 Å². The molecule has 0 aliphatic carbocycles. The molecule has 1 saturated heterocycles. The summed E-state index contributed by atoms with van der Waals surface area (Å²) >= 11 is 0. The lowest BCUT2D eigenvalue weighted by molar-refractivity contribution is -0.128. The highest BCUT2D eigenvalue weighted by atomic mass is 19.1. The molecule has 1 atom stereocenters. The van der Waals surface area contributed by atoms with Crippen LogP contribution in [-0.4, -0.2) is 37.1 Å². The lowest BCUT2D eigenvalue weighted by atomic mass is 10.1. The molecule has 1 amide bonds. The van der Waals surface area contributed by atoms with Gasteiger partial charge in [0.05, 0.1) is 6.54 Å². The monoisotopic (exact) mass is 266 g/mol. The standard InChI is InChI=1S/C14H19FN2O2/c1-2-19-9-3-8-17-13(18)10-16-14(17)11-4-6-12(15)7-5-11/h4-7,14,16H,2-3,8-10H2,1H3. The molecule has 1 fully saturated rings. The Balaban J connectivity index is 1.98. The zero-order chi connectivity index (χ0) is 13.7. The molecule has 0 spiro atoms. The van der Waals surface area contributed by atoms with E-state index < -0.39 is 0 Å². The zero-order valence-corrected chi connectivity index (χ0v) is 11.1. The number of hydrogen-bond donors (Lipinski definition) is 1. The van der Waals surface area contributed by atoms with Gasteiger partial charge in [-0.05, 0) is 31.0 Å². The van der Waals surface area contributed by atoms with Gasteiger partial charge in [-0.15, -0.1) is 0 Å². The zero-order valence-electron chi connectivity index (χ0n) is 11.1. The summed E-state index contributed by atoms with van der Waals surface area (Å²) in [5.74, 6) is -0.193. The van der Waals surface area contributed by atoms with Crippen molar-refractivity contribution in [2.75, 3.05) is 26.3 Å². The van der Waals surface area contributed by atoms with E-state index in [0.717, 1.165) is 12.0 Å². The van der Waals surface area contributed by atoms with Gasteiger partial charge in [0.25, 0.3) is 0 Å². The van der Waals surface area contributed by atoms with Gasteiger partial charge in [-0.2, -0.15) is 0 Å². The van der Waals surface area contributed by atoms with E-state index in [-0.39, 0.29) is 17.9 Å². The first kappa shape index (κ1) is 14.0. The highest BCUT2D eigenvalue weighted by Gasteiger charge is 2.30. The van der Waals surface area contributed by atoms with Crippen molar-refractivity contribution < 1.29 is 13.9 Å². The van der Waals surface area contributed by atoms with Crippen molar-refractivity contribution in [3.8, 4) is 0 Å². The summed E-state index contributed by atoms with van der Waals surface area (Å²) in [6.07, 6.45) is 0.647. The molecular formula is C14H19FN2O2. The number of rotatable bonds is 6. The first-order valence-corrected chi connectivity index (χ1v) is 6.58. The maximum absolute atomic E-state index is 12.9. The van der Waals surface area contributed by atoms with E-state index in [1.165, 1.54) is 12.1 Å². The predicted molar refractivity (Wildman–Crippen MR) is 70.0 cm³/mol. The van der Waals surface area contributed by atoms with Crippen LogP contribution in [0.4, 0.5) is 4.39 Å². The lowest BCUT2D eigenvalue weighted by Gasteiger charge is -2.24. The van der Waals surface area contributed by atoms with E-state index >= 15 is 0 Å². The van der Waals surface area contributed by atoms with Crippen LogP contribution in [0.3, 0.4) is 0 Å². The summed E-state index contributed by atoms with van der Waals surface area (Å²) in [5.41, 5.74) is 0.906. The Labute approximate surface area is 112 Å². The fourth-order valence-electron chi connectivity index (χ4n) is 2.22. The number of amides is 1. The summed E-state index contributed by atoms with van der Waals surface area (Å²) in [5, 5.41) is 3.15. The highest BCUT2D eigenvalue weighted by Crippen LogP contribution is 2.22. The number of nitrogens with zero attached hydrogens (tertiary/aromatic N) is 1. The third-order valence-electron chi connectivity index (χ3n) is 3.16. The van der Waals surface area contributed by atoms with E-state index in [2.05, 4.69) is 5.32 Å². The molecule has 104 valence electrons. The van der Waals surface area contributed by atoms with E-state index in [1.54, 1.807) is 17.0 Å². The van der Waals surface area contributed by atoms with Crippen LogP contribution in [0.5, 0.6) is 0 Å². The molecule has 0 aromatic heterocycles. The summed E-state index contributed by atoms with van der Waals surface area (Å²) in [7, 11) is 0. The summed E-state index contributed by atoms with van der Waals surface area (Å²) in [4.78, 5) is 13.6. The normalized spacial score (nSPS) is 19.2. The minimum Gasteiger partial charge on any atom is -0.382 e. The average molecular weight is 266 g/mol. The minimum atomic E-state index is -0.268. The number of nitrogens with one attached hydrogen (secondary N) is 1. The van der Waals surface area contributed by atoms with Crippen LogP contribution in [0.2, 0.25) is 0 Å². The number of benzene rings is 1. The molecule has 0 saturated carbocycles. The van der Waals surface area contributed by atoms with E-state index in [9.17, 15) is 9.18 Å². The van der Waals surface area contributed by atoms with Gasteiger partial charge in [-0.3, -0.25) is 10.1 Å². The molecule has 4 nitrogen and oxygen atoms in total. The van der Waals surface area contributed by atoms with Gasteiger partial charge in [-0.25, -0.2) is 4.39 Å². The number of carbonyl (C=O) groups excluding carboxylic acids is 1. The third kappa shape index (κ3) is 3.52. The Morgan fingerprint density at radius 1 is 1.42 bits per heavy atom. The second-order valence-corrected chi connectivity index (χ2v) is 4.47. The first-order chi connectivity index (χ1) is 9.22. The summed E-state index contributed by atoms with van der Waals surface area (Å²) in [6, 6.07) is 6.25. The van der Waals surface area contributed by atoms with Crippen molar-refractivity contribution in [1.29, 1.82) is 0 Å². The van der Waals surface area contributed by atoms with Crippen molar-refractivity contribution in [3.63, 3.8) is 0 Å². The Morgan fingerprint density at radius 2 is 2.16 bits per heavy atom. The van der Waals surface area contributed by atoms with Gasteiger partial charge in [0.1, 0.15) is 12.0 Å². The maximum Gasteiger partial charge on any atom is 0.238 e. The van der Waals surface area contributed by atoms with Crippen LogP contribution < -0.4 is 5.32 Å². The van der Waals surface area contributed by atoms with Gasteiger partial charge < -0.3 is 9.64 Å². The van der Waals surface area contributed by atoms with Gasteiger partial charge >= 0.3 is 0 Å². The number of carbonyl (C=O) groups is 1. The number of halogens is 1. The van der Waals surface area contributed by atoms with E-state index in [4.69, 9.17) is 4.74 Å². The highest BCUT2D eigenvalue weighted by molar-refractivity contribution is 5.80. The molecule has 19 heavy (non-hydrogen) atoms. The fraction of sp³-hybridized carbons (Fsp3) is 0.500. The van der Waals surface area contributed by atoms with E-state index in [0.29, 0.717) is 26.3 Å². The Hall–Kier alpha value is -1.46. The van der Waals surface area contributed by atoms with Crippen LogP contribution in [0.1, 0.15) is 25.1 Å². The van der Waals surface area contributed by atoms with Crippen molar-refractivity contribution in [2.24, 2.45) is 0 Å². The molecule has 0 bridgehead atoms. The van der Waals surface area contributed by atoms with Crippen molar-refractivity contribution in [2.45, 2.75) is 19.5 Å². The molecule has 1 N–H and O–H groups in total. The summed E-state index contributed by atoms with van der Waals surface area (Å²) in [6.45, 7) is 4.26. The lowest BCUT2D eigenvalue weighted by Crippen LogP contribution is -2.31. The van der Waals surface area contributed by atoms with Gasteiger partial charge in [0, 0.05) is 19.8 Å². The van der Waals surface area contributed by atoms with Gasteiger partial charge in [-0.1, -0.05) is 12.1 Å². The smallest absolute Gasteiger partial charge is 0.238 e. The molecular weight excluding hydrogens is 247 g/mol. The SMILES string of the molecule is CCOCCCN1C(=O)CNC1c1ccc(F)cc1. The number of ether oxygens (including phenoxy) is 1. The van der Waals surface area contributed by atoms with Crippen molar-refractivity contribution >= 4 is 5.91 Å². The minimum absolute atomic E-state index is 0.0748. The Morgan fingerprint density at radius 3 is 2.84 bits per heavy atom. The number of hydrogen-bond acceptors (Lipinski definition) is 3. The topological polar surface area (TPSA) is 41.6 Å². The Kier molecular flexibility index (Phi) is 4.87. The molecule has 1 aliphatic rings. The van der Waals surface area contributed by atoms with E-state index in [1.807, 2.05) is 6.92 Å². The molecule has 5 heteroatoms. The quantitative estimate of drug-likeness (QED) is 0.797. The molecule has 0 radical (unpaired) electrons. The fourth-order valence-corrected chi connectivity index (χ4v) is 2.22. The van der Waals surface area contributed by atoms with Crippen LogP contribution >= 0.6 is 0 Å². The van der Waals surface area contributed by atoms with Crippen LogP contribution in [0.25, 0.3) is 0 Å². The molecule has 1 aromatic carbocycles. The predicted octanol–water partition coefficient (Wildman–Crippen LogP) is 1.68. The molecule has 1 unspecified atom stereocenters. The molecule has 2 rings (SSSR count). The molecule has 1 aromatic rings. The second-order valence-electron chi connectivity index (χ2n) is 4.47. The van der Waals surface area contributed by atoms with Crippen LogP contribution in [0.15, 0.2) is 24.3 Å². The maximum atomic E-state index is 12.9. The van der Waals surface area contributed by atoms with Crippen molar-refractivity contribution in [1.82, 2.24) is 10.2 Å². The Bertz CT molecular complexity index is 422.